The van der Waals surface area contributed by atoms with Gasteiger partial charge in [-0.15, -0.1) is 0 Å². The largest absolute Gasteiger partial charge is 0.338 e. The Hall–Kier alpha value is -1.94. The van der Waals surface area contributed by atoms with Gasteiger partial charge in [-0.05, 0) is 24.5 Å². The molecule has 4 heteroatoms. The number of para-hydroxylation sites is 1. The fraction of sp³-hybridized carbons (Fsp3) is 0.412. The molecular formula is C17H21N3O. The molecule has 110 valence electrons. The van der Waals surface area contributed by atoms with Gasteiger partial charge in [0.2, 0.25) is 0 Å². The third-order valence-electron chi connectivity index (χ3n) is 4.47. The molecule has 1 saturated heterocycles. The Morgan fingerprint density at radius 2 is 2.19 bits per heavy atom. The summed E-state index contributed by atoms with van der Waals surface area (Å²) >= 11 is 0. The third-order valence-corrected chi connectivity index (χ3v) is 4.47. The normalized spacial score (nSPS) is 22.5. The van der Waals surface area contributed by atoms with Gasteiger partial charge >= 0.3 is 0 Å². The molecule has 2 atom stereocenters. The SMILES string of the molecule is CCC1CN(C(=O)c2cccc3cccnc23)CCC1N. The van der Waals surface area contributed by atoms with Crippen molar-refractivity contribution < 1.29 is 4.79 Å². The number of pyridine rings is 1. The average Bonchev–Trinajstić information content (AvgIpc) is 2.54. The van der Waals surface area contributed by atoms with Crippen LogP contribution in [0.4, 0.5) is 0 Å². The predicted molar refractivity (Wildman–Crippen MR) is 84.0 cm³/mol. The third kappa shape index (κ3) is 2.63. The number of benzene rings is 1. The quantitative estimate of drug-likeness (QED) is 0.921. The minimum absolute atomic E-state index is 0.0738. The highest BCUT2D eigenvalue weighted by Gasteiger charge is 2.29. The van der Waals surface area contributed by atoms with E-state index in [0.717, 1.165) is 36.8 Å². The van der Waals surface area contributed by atoms with Gasteiger partial charge in [0.1, 0.15) is 0 Å². The number of piperidine rings is 1. The molecule has 1 amide bonds. The lowest BCUT2D eigenvalue weighted by Crippen LogP contribution is -2.49. The lowest BCUT2D eigenvalue weighted by Gasteiger charge is -2.36. The van der Waals surface area contributed by atoms with E-state index in [4.69, 9.17) is 5.73 Å². The molecule has 1 aliphatic heterocycles. The maximum Gasteiger partial charge on any atom is 0.256 e. The Bertz CT molecular complexity index is 650. The van der Waals surface area contributed by atoms with Gasteiger partial charge in [-0.1, -0.05) is 31.5 Å². The highest BCUT2D eigenvalue weighted by molar-refractivity contribution is 6.05. The van der Waals surface area contributed by atoms with E-state index in [1.807, 2.05) is 35.2 Å². The Morgan fingerprint density at radius 3 is 3.00 bits per heavy atom. The summed E-state index contributed by atoms with van der Waals surface area (Å²) in [5, 5.41) is 1.00. The molecule has 2 heterocycles. The molecule has 2 N–H and O–H groups in total. The Balaban J connectivity index is 1.90. The molecule has 2 aromatic rings. The van der Waals surface area contributed by atoms with E-state index in [-0.39, 0.29) is 11.9 Å². The van der Waals surface area contributed by atoms with Crippen molar-refractivity contribution in [2.75, 3.05) is 13.1 Å². The molecule has 4 nitrogen and oxygen atoms in total. The smallest absolute Gasteiger partial charge is 0.256 e. The maximum absolute atomic E-state index is 12.8. The number of nitrogens with zero attached hydrogens (tertiary/aromatic N) is 2. The molecule has 0 radical (unpaired) electrons. The maximum atomic E-state index is 12.8. The first kappa shape index (κ1) is 14.0. The molecule has 3 rings (SSSR count). The zero-order valence-electron chi connectivity index (χ0n) is 12.3. The minimum atomic E-state index is 0.0738. The van der Waals surface area contributed by atoms with Gasteiger partial charge in [0.25, 0.3) is 5.91 Å². The van der Waals surface area contributed by atoms with Crippen LogP contribution in [0.2, 0.25) is 0 Å². The first-order valence-electron chi connectivity index (χ1n) is 7.59. The molecular weight excluding hydrogens is 262 g/mol. The molecule has 21 heavy (non-hydrogen) atoms. The first-order chi connectivity index (χ1) is 10.2. The number of amides is 1. The van der Waals surface area contributed by atoms with Crippen LogP contribution >= 0.6 is 0 Å². The number of aromatic nitrogens is 1. The number of rotatable bonds is 2. The Labute approximate surface area is 125 Å². The van der Waals surface area contributed by atoms with E-state index in [9.17, 15) is 4.79 Å². The van der Waals surface area contributed by atoms with Crippen LogP contribution in [0.5, 0.6) is 0 Å². The highest BCUT2D eigenvalue weighted by atomic mass is 16.2. The van der Waals surface area contributed by atoms with Crippen LogP contribution in [0, 0.1) is 5.92 Å². The molecule has 0 saturated carbocycles. The summed E-state index contributed by atoms with van der Waals surface area (Å²) in [7, 11) is 0. The standard InChI is InChI=1S/C17H21N3O/c1-2-12-11-20(10-8-15(12)18)17(21)14-7-3-5-13-6-4-9-19-16(13)14/h3-7,9,12,15H,2,8,10-11,18H2,1H3. The van der Waals surface area contributed by atoms with Crippen molar-refractivity contribution in [2.45, 2.75) is 25.8 Å². The van der Waals surface area contributed by atoms with Gasteiger partial charge in [-0.2, -0.15) is 0 Å². The van der Waals surface area contributed by atoms with Gasteiger partial charge in [-0.3, -0.25) is 9.78 Å². The Kier molecular flexibility index (Phi) is 3.88. The van der Waals surface area contributed by atoms with Crippen LogP contribution in [0.1, 0.15) is 30.1 Å². The Morgan fingerprint density at radius 1 is 1.38 bits per heavy atom. The van der Waals surface area contributed by atoms with E-state index in [1.54, 1.807) is 6.20 Å². The molecule has 2 unspecified atom stereocenters. The molecule has 1 aromatic carbocycles. The second-order valence-electron chi connectivity index (χ2n) is 5.75. The summed E-state index contributed by atoms with van der Waals surface area (Å²) in [6.07, 6.45) is 3.63. The van der Waals surface area contributed by atoms with Crippen LogP contribution < -0.4 is 5.73 Å². The molecule has 0 bridgehead atoms. The summed E-state index contributed by atoms with van der Waals surface area (Å²) in [6, 6.07) is 9.87. The van der Waals surface area contributed by atoms with Crippen LogP contribution in [0.15, 0.2) is 36.5 Å². The lowest BCUT2D eigenvalue weighted by atomic mass is 9.90. The van der Waals surface area contributed by atoms with Gasteiger partial charge < -0.3 is 10.6 Å². The zero-order chi connectivity index (χ0) is 14.8. The molecule has 1 aliphatic rings. The topological polar surface area (TPSA) is 59.2 Å². The monoisotopic (exact) mass is 283 g/mol. The summed E-state index contributed by atoms with van der Waals surface area (Å²) < 4.78 is 0. The second-order valence-corrected chi connectivity index (χ2v) is 5.75. The van der Waals surface area contributed by atoms with E-state index < -0.39 is 0 Å². The van der Waals surface area contributed by atoms with Crippen molar-refractivity contribution in [2.24, 2.45) is 11.7 Å². The fourth-order valence-corrected chi connectivity index (χ4v) is 3.11. The number of carbonyl (C=O) groups is 1. The van der Waals surface area contributed by atoms with Crippen LogP contribution in [0.3, 0.4) is 0 Å². The first-order valence-corrected chi connectivity index (χ1v) is 7.59. The minimum Gasteiger partial charge on any atom is -0.338 e. The predicted octanol–water partition coefficient (Wildman–Crippen LogP) is 2.43. The van der Waals surface area contributed by atoms with E-state index >= 15 is 0 Å². The van der Waals surface area contributed by atoms with Crippen LogP contribution in [0.25, 0.3) is 10.9 Å². The van der Waals surface area contributed by atoms with Crippen molar-refractivity contribution in [3.8, 4) is 0 Å². The summed E-state index contributed by atoms with van der Waals surface area (Å²) in [4.78, 5) is 19.1. The number of nitrogens with two attached hydrogens (primary N) is 1. The molecule has 0 spiro atoms. The molecule has 1 fully saturated rings. The van der Waals surface area contributed by atoms with Crippen LogP contribution in [-0.2, 0) is 0 Å². The van der Waals surface area contributed by atoms with Crippen LogP contribution in [-0.4, -0.2) is 34.9 Å². The summed E-state index contributed by atoms with van der Waals surface area (Å²) in [5.41, 5.74) is 7.61. The van der Waals surface area contributed by atoms with Crippen molar-refractivity contribution in [1.29, 1.82) is 0 Å². The second kappa shape index (κ2) is 5.82. The van der Waals surface area contributed by atoms with E-state index in [1.165, 1.54) is 0 Å². The van der Waals surface area contributed by atoms with Gasteiger partial charge in [-0.25, -0.2) is 0 Å². The molecule has 0 aliphatic carbocycles. The number of likely N-dealkylation sites (tertiary alicyclic amines) is 1. The zero-order valence-corrected chi connectivity index (χ0v) is 12.3. The van der Waals surface area contributed by atoms with Gasteiger partial charge in [0.15, 0.2) is 0 Å². The number of hydrogen-bond donors (Lipinski definition) is 1. The van der Waals surface area contributed by atoms with Crippen molar-refractivity contribution in [3.05, 3.63) is 42.1 Å². The van der Waals surface area contributed by atoms with E-state index in [0.29, 0.717) is 11.5 Å². The highest BCUT2D eigenvalue weighted by Crippen LogP contribution is 2.23. The van der Waals surface area contributed by atoms with Gasteiger partial charge in [0.05, 0.1) is 11.1 Å². The van der Waals surface area contributed by atoms with Crippen molar-refractivity contribution >= 4 is 16.8 Å². The van der Waals surface area contributed by atoms with Gasteiger partial charge in [0, 0.05) is 30.7 Å². The van der Waals surface area contributed by atoms with Crippen molar-refractivity contribution in [3.63, 3.8) is 0 Å². The number of hydrogen-bond acceptors (Lipinski definition) is 3. The summed E-state index contributed by atoms with van der Waals surface area (Å²) in [6.45, 7) is 3.62. The summed E-state index contributed by atoms with van der Waals surface area (Å²) in [5.74, 6) is 0.468. The number of carbonyl (C=O) groups excluding carboxylic acids is 1. The van der Waals surface area contributed by atoms with E-state index in [2.05, 4.69) is 11.9 Å². The van der Waals surface area contributed by atoms with Crippen molar-refractivity contribution in [1.82, 2.24) is 9.88 Å². The average molecular weight is 283 g/mol. The number of fused-ring (bicyclic) bond motifs is 1. The fourth-order valence-electron chi connectivity index (χ4n) is 3.11. The molecule has 1 aromatic heterocycles. The lowest BCUT2D eigenvalue weighted by molar-refractivity contribution is 0.0651.